The molecule has 0 bridgehead atoms. The van der Waals surface area contributed by atoms with E-state index in [0.29, 0.717) is 0 Å². The molecule has 0 aromatic carbocycles. The van der Waals surface area contributed by atoms with Crippen LogP contribution in [0.4, 0.5) is 0 Å². The van der Waals surface area contributed by atoms with Crippen LogP contribution in [0.1, 0.15) is 13.3 Å². The molecule has 0 nitrogen and oxygen atoms in total. The molecule has 0 spiro atoms. The fraction of sp³-hybridized carbons (Fsp3) is 0.400. The molecule has 0 radical (unpaired) electrons. The summed E-state index contributed by atoms with van der Waals surface area (Å²) in [7, 11) is 1.90. The van der Waals surface area contributed by atoms with E-state index < -0.39 is 0 Å². The molecule has 0 saturated heterocycles. The maximum atomic E-state index is 3.60. The molecule has 0 aromatic rings. The van der Waals surface area contributed by atoms with Crippen LogP contribution in [0, 0.1) is 0 Å². The Morgan fingerprint density at radius 2 is 2.50 bits per heavy atom. The third-order valence-electron chi connectivity index (χ3n) is 0.743. The third-order valence-corrected chi connectivity index (χ3v) is 1.53. The minimum atomic E-state index is 1.14. The number of hydrogen-bond acceptors (Lipinski definition) is 0. The Morgan fingerprint density at radius 1 is 2.00 bits per heavy atom. The van der Waals surface area contributed by atoms with Gasteiger partial charge in [-0.1, -0.05) is 24.7 Å². The van der Waals surface area contributed by atoms with Crippen LogP contribution in [0.5, 0.6) is 0 Å². The van der Waals surface area contributed by atoms with Gasteiger partial charge in [-0.25, -0.2) is 0 Å². The fourth-order valence-corrected chi connectivity index (χ4v) is 0.144. The van der Waals surface area contributed by atoms with E-state index in [2.05, 4.69) is 13.5 Å². The van der Waals surface area contributed by atoms with Gasteiger partial charge in [0.15, 0.2) is 0 Å². The van der Waals surface area contributed by atoms with Gasteiger partial charge in [-0.15, -0.1) is 0 Å². The summed E-state index contributed by atoms with van der Waals surface area (Å²) in [5.41, 5.74) is 0. The molecule has 0 rings (SSSR count). The van der Waals surface area contributed by atoms with Gasteiger partial charge in [-0.05, 0) is 16.3 Å². The normalized spacial score (nSPS) is 7.50. The van der Waals surface area contributed by atoms with Gasteiger partial charge in [0.05, 0.1) is 0 Å². The Morgan fingerprint density at radius 3 is 2.50 bits per heavy atom. The Labute approximate surface area is 41.9 Å². The van der Waals surface area contributed by atoms with Crippen molar-refractivity contribution in [2.75, 3.05) is 0 Å². The number of hydrogen-bond donors (Lipinski definition) is 0. The molecule has 0 amide bonds. The molecule has 1 heteroatoms. The molecule has 0 unspecified atom stereocenters. The molecule has 0 N–H and O–H groups in total. The summed E-state index contributed by atoms with van der Waals surface area (Å²) in [5.74, 6) is 0. The van der Waals surface area contributed by atoms with Crippen LogP contribution < -0.4 is 0 Å². The third kappa shape index (κ3) is 2.09. The lowest BCUT2D eigenvalue weighted by Gasteiger charge is -1.84. The minimum absolute atomic E-state index is 1.14. The van der Waals surface area contributed by atoms with Gasteiger partial charge in [-0.3, -0.25) is 0 Å². The zero-order valence-corrected chi connectivity index (χ0v) is 5.61. The quantitative estimate of drug-likeness (QED) is 0.438. The van der Waals surface area contributed by atoms with Crippen molar-refractivity contribution in [2.24, 2.45) is 0 Å². The second kappa shape index (κ2) is 3.03. The average Bonchev–Trinajstić information content (AvgIpc) is 1.65. The second-order valence-corrected chi connectivity index (χ2v) is 2.12. The van der Waals surface area contributed by atoms with Crippen molar-refractivity contribution in [2.45, 2.75) is 13.3 Å². The van der Waals surface area contributed by atoms with E-state index in [9.17, 15) is 0 Å². The molecule has 0 atom stereocenters. The lowest BCUT2D eigenvalue weighted by molar-refractivity contribution is 1.33. The maximum Gasteiger partial charge on any atom is -0.0193 e. The highest BCUT2D eigenvalue weighted by Crippen LogP contribution is 1.75. The first-order valence-electron chi connectivity index (χ1n) is 2.11. The Bertz CT molecular complexity index is 64.3. The van der Waals surface area contributed by atoms with E-state index >= 15 is 0 Å². The lowest BCUT2D eigenvalue weighted by Crippen LogP contribution is -1.85. The van der Waals surface area contributed by atoms with Crippen LogP contribution >= 0.6 is 0 Å². The first-order chi connectivity index (χ1) is 2.81. The Kier molecular flexibility index (Phi) is 2.95. The monoisotopic (exact) mass is 98.1 g/mol. The van der Waals surface area contributed by atoms with Gasteiger partial charge in [0.1, 0.15) is 0 Å². The van der Waals surface area contributed by atoms with Crippen LogP contribution in [-0.2, 0) is 0 Å². The second-order valence-electron chi connectivity index (χ2n) is 1.22. The zero-order chi connectivity index (χ0) is 4.99. The summed E-state index contributed by atoms with van der Waals surface area (Å²) in [4.78, 5) is 0. The predicted molar refractivity (Wildman–Crippen MR) is 34.0 cm³/mol. The summed E-state index contributed by atoms with van der Waals surface area (Å²) in [6, 6.07) is 0. The summed E-state index contributed by atoms with van der Waals surface area (Å²) in [6.07, 6.45) is 3.04. The molecule has 34 valence electrons. The molecular formula is C5H10Si. The van der Waals surface area contributed by atoms with Crippen molar-refractivity contribution in [1.82, 2.24) is 0 Å². The van der Waals surface area contributed by atoms with Crippen molar-refractivity contribution in [1.29, 1.82) is 0 Å². The van der Waals surface area contributed by atoms with Crippen molar-refractivity contribution in [3.63, 3.8) is 0 Å². The number of rotatable bonds is 2. The summed E-state index contributed by atoms with van der Waals surface area (Å²) < 4.78 is 0. The molecule has 0 aliphatic carbocycles. The van der Waals surface area contributed by atoms with Crippen LogP contribution in [0.2, 0.25) is 0 Å². The van der Waals surface area contributed by atoms with E-state index in [1.165, 1.54) is 5.17 Å². The molecule has 0 heterocycles. The molecule has 0 aliphatic heterocycles. The summed E-state index contributed by atoms with van der Waals surface area (Å²) in [5, 5.41) is 1.38. The highest BCUT2D eigenvalue weighted by atomic mass is 28.1. The predicted octanol–water partition coefficient (Wildman–Crippen LogP) is 0.388. The Hall–Kier alpha value is -0.173. The molecule has 6 heavy (non-hydrogen) atoms. The minimum Gasteiger partial charge on any atom is -0.0992 e. The fourth-order valence-electron chi connectivity index (χ4n) is 0.144. The van der Waals surface area contributed by atoms with Crippen molar-refractivity contribution >= 4 is 15.0 Å². The molecule has 0 aromatic heterocycles. The average molecular weight is 98.2 g/mol. The molecular weight excluding hydrogens is 88.1 g/mol. The van der Waals surface area contributed by atoms with Gasteiger partial charge in [0, 0.05) is 0 Å². The highest BCUT2D eigenvalue weighted by Gasteiger charge is 1.72. The van der Waals surface area contributed by atoms with Gasteiger partial charge >= 0.3 is 0 Å². The zero-order valence-electron chi connectivity index (χ0n) is 4.20. The van der Waals surface area contributed by atoms with Crippen LogP contribution in [0.15, 0.2) is 12.7 Å². The lowest BCUT2D eigenvalue weighted by atomic mass is 10.3. The van der Waals surface area contributed by atoms with E-state index in [-0.39, 0.29) is 0 Å². The highest BCUT2D eigenvalue weighted by molar-refractivity contribution is 6.41. The maximum absolute atomic E-state index is 3.60. The van der Waals surface area contributed by atoms with Crippen molar-refractivity contribution in [3.05, 3.63) is 12.7 Å². The summed E-state index contributed by atoms with van der Waals surface area (Å²) in [6.45, 7) is 5.73. The first-order valence-corrected chi connectivity index (χ1v) is 2.82. The van der Waals surface area contributed by atoms with E-state index in [1.807, 2.05) is 15.9 Å². The standard InChI is InChI=1S/C5H10Si/c1-3-5(6)4-2/h3H,1,4,6H2,2H3. The van der Waals surface area contributed by atoms with Crippen molar-refractivity contribution in [3.8, 4) is 0 Å². The van der Waals surface area contributed by atoms with Crippen LogP contribution in [0.25, 0.3) is 0 Å². The van der Waals surface area contributed by atoms with Gasteiger partial charge in [-0.2, -0.15) is 0 Å². The number of allylic oxidation sites excluding steroid dienone is 1. The van der Waals surface area contributed by atoms with E-state index in [0.717, 1.165) is 6.42 Å². The van der Waals surface area contributed by atoms with Crippen LogP contribution in [0.3, 0.4) is 0 Å². The Balaban J connectivity index is 3.23. The van der Waals surface area contributed by atoms with Crippen molar-refractivity contribution < 1.29 is 0 Å². The topological polar surface area (TPSA) is 0 Å². The summed E-state index contributed by atoms with van der Waals surface area (Å²) >= 11 is 0. The molecule has 0 fully saturated rings. The first kappa shape index (κ1) is 5.83. The van der Waals surface area contributed by atoms with Gasteiger partial charge in [0.2, 0.25) is 0 Å². The molecule has 0 saturated carbocycles. The largest absolute Gasteiger partial charge is 0.0992 e. The SMILES string of the molecule is C=CC(=[SiH2])CC. The van der Waals surface area contributed by atoms with Crippen LogP contribution in [-0.4, -0.2) is 15.0 Å². The van der Waals surface area contributed by atoms with E-state index in [4.69, 9.17) is 0 Å². The van der Waals surface area contributed by atoms with Gasteiger partial charge in [0.25, 0.3) is 0 Å². The van der Waals surface area contributed by atoms with Gasteiger partial charge < -0.3 is 0 Å². The molecule has 0 aliphatic rings. The smallest absolute Gasteiger partial charge is 0.0193 e. The van der Waals surface area contributed by atoms with E-state index in [1.54, 1.807) is 0 Å².